The molecule has 0 aliphatic heterocycles. The van der Waals surface area contributed by atoms with E-state index in [1.165, 1.54) is 31.2 Å². The second-order valence-corrected chi connectivity index (χ2v) is 3.17. The maximum absolute atomic E-state index is 11.6. The third-order valence-corrected chi connectivity index (χ3v) is 1.82. The monoisotopic (exact) mass is 236 g/mol. The van der Waals surface area contributed by atoms with E-state index >= 15 is 0 Å². The van der Waals surface area contributed by atoms with Crippen molar-refractivity contribution >= 4 is 17.7 Å². The Kier molecular flexibility index (Phi) is 4.39. The van der Waals surface area contributed by atoms with Gasteiger partial charge >= 0.3 is 11.9 Å². The van der Waals surface area contributed by atoms with Gasteiger partial charge in [0.25, 0.3) is 5.78 Å². The van der Waals surface area contributed by atoms with E-state index in [9.17, 15) is 14.4 Å². The fraction of sp³-hybridized carbons (Fsp3) is 0.250. The van der Waals surface area contributed by atoms with Crippen molar-refractivity contribution in [3.05, 3.63) is 29.8 Å². The summed E-state index contributed by atoms with van der Waals surface area (Å²) in [5, 5.41) is 0. The minimum absolute atomic E-state index is 0.127. The molecule has 5 heteroatoms. The lowest BCUT2D eigenvalue weighted by Crippen LogP contribution is -2.17. The van der Waals surface area contributed by atoms with E-state index < -0.39 is 17.7 Å². The first kappa shape index (κ1) is 12.9. The van der Waals surface area contributed by atoms with Gasteiger partial charge in [-0.15, -0.1) is 0 Å². The minimum Gasteiger partial charge on any atom is -0.460 e. The lowest BCUT2D eigenvalue weighted by atomic mass is 10.1. The Morgan fingerprint density at radius 3 is 2.53 bits per heavy atom. The molecule has 1 aromatic rings. The third-order valence-electron chi connectivity index (χ3n) is 1.82. The Morgan fingerprint density at radius 1 is 1.24 bits per heavy atom. The van der Waals surface area contributed by atoms with E-state index in [0.29, 0.717) is 0 Å². The molecule has 90 valence electrons. The van der Waals surface area contributed by atoms with E-state index in [4.69, 9.17) is 4.74 Å². The Morgan fingerprint density at radius 2 is 1.94 bits per heavy atom. The molecule has 0 bridgehead atoms. The van der Waals surface area contributed by atoms with Crippen molar-refractivity contribution in [2.45, 2.75) is 13.8 Å². The summed E-state index contributed by atoms with van der Waals surface area (Å²) < 4.78 is 9.38. The Balaban J connectivity index is 2.87. The van der Waals surface area contributed by atoms with Crippen LogP contribution in [0.1, 0.15) is 24.2 Å². The Hall–Kier alpha value is -2.17. The summed E-state index contributed by atoms with van der Waals surface area (Å²) in [6.45, 7) is 2.99. The standard InChI is InChI=1S/C12H12O5/c1-3-16-12(15)11(14)9-5-4-6-10(7-9)17-8(2)13/h4-7H,3H2,1-2H3. The number of esters is 2. The number of ether oxygens (including phenoxy) is 2. The molecule has 0 saturated carbocycles. The fourth-order valence-corrected chi connectivity index (χ4v) is 1.18. The summed E-state index contributed by atoms with van der Waals surface area (Å²) >= 11 is 0. The van der Waals surface area contributed by atoms with Gasteiger partial charge in [-0.1, -0.05) is 12.1 Å². The highest BCUT2D eigenvalue weighted by Gasteiger charge is 2.17. The molecule has 0 saturated heterocycles. The average molecular weight is 236 g/mol. The molecule has 5 nitrogen and oxygen atoms in total. The van der Waals surface area contributed by atoms with E-state index in [-0.39, 0.29) is 17.9 Å². The summed E-state index contributed by atoms with van der Waals surface area (Å²) in [6.07, 6.45) is 0. The van der Waals surface area contributed by atoms with Crippen molar-refractivity contribution in [2.24, 2.45) is 0 Å². The average Bonchev–Trinajstić information content (AvgIpc) is 2.28. The van der Waals surface area contributed by atoms with Crippen LogP contribution in [0.2, 0.25) is 0 Å². The minimum atomic E-state index is -0.924. The highest BCUT2D eigenvalue weighted by molar-refractivity contribution is 6.40. The van der Waals surface area contributed by atoms with Gasteiger partial charge in [0.05, 0.1) is 6.61 Å². The van der Waals surface area contributed by atoms with Crippen LogP contribution in [0.5, 0.6) is 5.75 Å². The first-order valence-electron chi connectivity index (χ1n) is 5.04. The molecule has 0 unspecified atom stereocenters. The molecular weight excluding hydrogens is 224 g/mol. The van der Waals surface area contributed by atoms with Gasteiger partial charge in [-0.05, 0) is 19.1 Å². The second kappa shape index (κ2) is 5.79. The number of hydrogen-bond donors (Lipinski definition) is 0. The summed E-state index contributed by atoms with van der Waals surface area (Å²) in [7, 11) is 0. The zero-order valence-corrected chi connectivity index (χ0v) is 9.56. The molecule has 0 fully saturated rings. The number of carbonyl (C=O) groups excluding carboxylic acids is 3. The van der Waals surface area contributed by atoms with Gasteiger partial charge in [-0.3, -0.25) is 9.59 Å². The van der Waals surface area contributed by atoms with Crippen LogP contribution in [0.4, 0.5) is 0 Å². The van der Waals surface area contributed by atoms with Crippen molar-refractivity contribution in [3.63, 3.8) is 0 Å². The van der Waals surface area contributed by atoms with E-state index in [0.717, 1.165) is 0 Å². The van der Waals surface area contributed by atoms with E-state index in [2.05, 4.69) is 4.74 Å². The largest absolute Gasteiger partial charge is 0.460 e. The van der Waals surface area contributed by atoms with Crippen LogP contribution in [0.3, 0.4) is 0 Å². The maximum atomic E-state index is 11.6. The van der Waals surface area contributed by atoms with Crippen molar-refractivity contribution in [1.29, 1.82) is 0 Å². The normalized spacial score (nSPS) is 9.53. The number of benzene rings is 1. The summed E-state index contributed by atoms with van der Waals surface area (Å²) in [5.41, 5.74) is 0.127. The van der Waals surface area contributed by atoms with Gasteiger partial charge in [0.2, 0.25) is 0 Å². The molecule has 0 heterocycles. The first-order chi connectivity index (χ1) is 8.04. The number of ketones is 1. The third kappa shape index (κ3) is 3.71. The molecule has 0 atom stereocenters. The number of Topliss-reactive ketones (excluding diaryl/α,β-unsaturated/α-hetero) is 1. The lowest BCUT2D eigenvalue weighted by Gasteiger charge is -2.04. The molecule has 17 heavy (non-hydrogen) atoms. The van der Waals surface area contributed by atoms with Gasteiger partial charge in [0.1, 0.15) is 5.75 Å². The number of rotatable bonds is 4. The lowest BCUT2D eigenvalue weighted by molar-refractivity contribution is -0.137. The highest BCUT2D eigenvalue weighted by Crippen LogP contribution is 2.14. The smallest absolute Gasteiger partial charge is 0.379 e. The van der Waals surface area contributed by atoms with Crippen LogP contribution in [-0.2, 0) is 14.3 Å². The molecule has 0 amide bonds. The SMILES string of the molecule is CCOC(=O)C(=O)c1cccc(OC(C)=O)c1. The van der Waals surface area contributed by atoms with E-state index in [1.807, 2.05) is 0 Å². The number of hydrogen-bond acceptors (Lipinski definition) is 5. The molecule has 0 spiro atoms. The highest BCUT2D eigenvalue weighted by atomic mass is 16.5. The second-order valence-electron chi connectivity index (χ2n) is 3.17. The number of carbonyl (C=O) groups is 3. The molecule has 1 rings (SSSR count). The van der Waals surface area contributed by atoms with Gasteiger partial charge in [-0.25, -0.2) is 4.79 Å². The quantitative estimate of drug-likeness (QED) is 0.341. The summed E-state index contributed by atoms with van der Waals surface area (Å²) in [4.78, 5) is 33.5. The van der Waals surface area contributed by atoms with Gasteiger partial charge in [0, 0.05) is 12.5 Å². The summed E-state index contributed by atoms with van der Waals surface area (Å²) in [5.74, 6) is -1.97. The molecule has 0 N–H and O–H groups in total. The zero-order valence-electron chi connectivity index (χ0n) is 9.56. The molecular formula is C12H12O5. The summed E-state index contributed by atoms with van der Waals surface area (Å²) in [6, 6.07) is 5.81. The van der Waals surface area contributed by atoms with Crippen molar-refractivity contribution in [1.82, 2.24) is 0 Å². The topological polar surface area (TPSA) is 69.7 Å². The first-order valence-corrected chi connectivity index (χ1v) is 5.04. The Bertz CT molecular complexity index is 450. The molecule has 0 aromatic heterocycles. The zero-order chi connectivity index (χ0) is 12.8. The predicted molar refractivity (Wildman–Crippen MR) is 58.7 cm³/mol. The molecule has 0 aliphatic rings. The van der Waals surface area contributed by atoms with Crippen LogP contribution < -0.4 is 4.74 Å². The van der Waals surface area contributed by atoms with Crippen molar-refractivity contribution in [3.8, 4) is 5.75 Å². The van der Waals surface area contributed by atoms with Crippen molar-refractivity contribution in [2.75, 3.05) is 6.61 Å². The van der Waals surface area contributed by atoms with Gasteiger partial charge < -0.3 is 9.47 Å². The van der Waals surface area contributed by atoms with Crippen LogP contribution in [0, 0.1) is 0 Å². The molecule has 0 aliphatic carbocycles. The van der Waals surface area contributed by atoms with Crippen LogP contribution in [0.25, 0.3) is 0 Å². The molecule has 1 aromatic carbocycles. The van der Waals surface area contributed by atoms with E-state index in [1.54, 1.807) is 6.92 Å². The molecule has 0 radical (unpaired) electrons. The van der Waals surface area contributed by atoms with Crippen LogP contribution in [0.15, 0.2) is 24.3 Å². The Labute approximate surface area is 98.3 Å². The fourth-order valence-electron chi connectivity index (χ4n) is 1.18. The van der Waals surface area contributed by atoms with Crippen molar-refractivity contribution < 1.29 is 23.9 Å². The van der Waals surface area contributed by atoms with Gasteiger partial charge in [-0.2, -0.15) is 0 Å². The van der Waals surface area contributed by atoms with Crippen LogP contribution in [-0.4, -0.2) is 24.3 Å². The maximum Gasteiger partial charge on any atom is 0.379 e. The van der Waals surface area contributed by atoms with Gasteiger partial charge in [0.15, 0.2) is 0 Å². The van der Waals surface area contributed by atoms with Crippen LogP contribution >= 0.6 is 0 Å². The predicted octanol–water partition coefficient (Wildman–Crippen LogP) is 1.36.